The van der Waals surface area contributed by atoms with Crippen molar-refractivity contribution in [1.29, 1.82) is 0 Å². The molecule has 4 aliphatic rings. The molecule has 2 aliphatic heterocycles. The second-order valence-corrected chi connectivity index (χ2v) is 9.03. The van der Waals surface area contributed by atoms with Crippen molar-refractivity contribution in [3.05, 3.63) is 46.8 Å². The minimum Gasteiger partial charge on any atom is -0.365 e. The molecular formula is C25H40N4O. The number of carbonyl (C=O) groups is 1. The van der Waals surface area contributed by atoms with E-state index in [0.29, 0.717) is 17.7 Å². The predicted molar refractivity (Wildman–Crippen MR) is 125 cm³/mol. The molecule has 2 heterocycles. The number of nitrogens with two attached hydrogens (primary N) is 1. The molecule has 5 heteroatoms. The molecular weight excluding hydrogens is 372 g/mol. The van der Waals surface area contributed by atoms with E-state index in [1.165, 1.54) is 31.3 Å². The molecule has 1 saturated carbocycles. The van der Waals surface area contributed by atoms with Crippen LogP contribution in [0.5, 0.6) is 0 Å². The quantitative estimate of drug-likeness (QED) is 0.658. The van der Waals surface area contributed by atoms with E-state index in [1.807, 2.05) is 19.9 Å². The van der Waals surface area contributed by atoms with Gasteiger partial charge in [-0.05, 0) is 63.0 Å². The van der Waals surface area contributed by atoms with Crippen LogP contribution in [-0.4, -0.2) is 42.0 Å². The summed E-state index contributed by atoms with van der Waals surface area (Å²) in [5.74, 6) is 1.44. The van der Waals surface area contributed by atoms with E-state index >= 15 is 0 Å². The third kappa shape index (κ3) is 5.37. The fraction of sp³-hybridized carbons (Fsp3) is 0.640. The van der Waals surface area contributed by atoms with Crippen LogP contribution in [-0.2, 0) is 4.79 Å². The third-order valence-corrected chi connectivity index (χ3v) is 6.73. The molecule has 5 nitrogen and oxygen atoms in total. The lowest BCUT2D eigenvalue weighted by Gasteiger charge is -2.41. The van der Waals surface area contributed by atoms with Gasteiger partial charge in [0.15, 0.2) is 0 Å². The molecule has 0 radical (unpaired) electrons. The highest BCUT2D eigenvalue weighted by Gasteiger charge is 2.30. The summed E-state index contributed by atoms with van der Waals surface area (Å²) in [6, 6.07) is 1.40. The highest BCUT2D eigenvalue weighted by atomic mass is 16.1. The maximum absolute atomic E-state index is 12.1. The van der Waals surface area contributed by atoms with Crippen molar-refractivity contribution >= 4 is 5.91 Å². The molecule has 0 aromatic heterocycles. The number of nitrogens with one attached hydrogen (secondary N) is 2. The molecule has 0 aromatic carbocycles. The van der Waals surface area contributed by atoms with Gasteiger partial charge >= 0.3 is 0 Å². The van der Waals surface area contributed by atoms with Crippen molar-refractivity contribution in [2.24, 2.45) is 11.7 Å². The van der Waals surface area contributed by atoms with Crippen molar-refractivity contribution in [2.75, 3.05) is 13.1 Å². The molecule has 0 bridgehead atoms. The summed E-state index contributed by atoms with van der Waals surface area (Å²) >= 11 is 0. The van der Waals surface area contributed by atoms with Gasteiger partial charge in [0.2, 0.25) is 0 Å². The normalized spacial score (nSPS) is 29.2. The van der Waals surface area contributed by atoms with E-state index in [2.05, 4.69) is 47.6 Å². The number of primary amides is 1. The van der Waals surface area contributed by atoms with E-state index in [9.17, 15) is 4.79 Å². The summed E-state index contributed by atoms with van der Waals surface area (Å²) in [4.78, 5) is 14.4. The number of nitrogens with zero attached hydrogens (tertiary/aromatic N) is 1. The van der Waals surface area contributed by atoms with Crippen molar-refractivity contribution in [1.82, 2.24) is 15.5 Å². The minimum atomic E-state index is -0.356. The molecule has 2 fully saturated rings. The highest BCUT2D eigenvalue weighted by Crippen LogP contribution is 2.28. The Labute approximate surface area is 182 Å². The number of piperidine rings is 1. The lowest BCUT2D eigenvalue weighted by Crippen LogP contribution is -2.50. The Morgan fingerprint density at radius 2 is 1.70 bits per heavy atom. The standard InChI is InChI=1S/C23H34N4O.C2H6/c1-15-3-6-18(7-4-15)25-19-9-11-27(12-10-19)23-20(22(24)28)14-17-13-16(2)5-8-21(17)26-23;1-2/h5,8,13-15,18-19,21,25-26H,3-4,6-7,9-12H2,1-2H3,(H2,24,28);1-2H3. The molecule has 0 aromatic rings. The van der Waals surface area contributed by atoms with E-state index in [4.69, 9.17) is 5.73 Å². The third-order valence-electron chi connectivity index (χ3n) is 6.73. The smallest absolute Gasteiger partial charge is 0.252 e. The van der Waals surface area contributed by atoms with Crippen LogP contribution in [0, 0.1) is 5.92 Å². The summed E-state index contributed by atoms with van der Waals surface area (Å²) in [7, 11) is 0. The molecule has 1 saturated heterocycles. The zero-order valence-electron chi connectivity index (χ0n) is 19.2. The summed E-state index contributed by atoms with van der Waals surface area (Å²) in [5.41, 5.74) is 8.64. The molecule has 4 N–H and O–H groups in total. The van der Waals surface area contributed by atoms with Crippen LogP contribution in [0.3, 0.4) is 0 Å². The van der Waals surface area contributed by atoms with Gasteiger partial charge < -0.3 is 21.3 Å². The number of rotatable bonds is 4. The monoisotopic (exact) mass is 412 g/mol. The van der Waals surface area contributed by atoms with Gasteiger partial charge in [0.25, 0.3) is 5.91 Å². The first kappa shape index (κ1) is 22.7. The number of hydrogen-bond acceptors (Lipinski definition) is 4. The van der Waals surface area contributed by atoms with Gasteiger partial charge in [0.1, 0.15) is 5.82 Å². The molecule has 2 aliphatic carbocycles. The van der Waals surface area contributed by atoms with Gasteiger partial charge in [-0.15, -0.1) is 0 Å². The fourth-order valence-corrected chi connectivity index (χ4v) is 4.96. The van der Waals surface area contributed by atoms with E-state index in [1.54, 1.807) is 0 Å². The average molecular weight is 413 g/mol. The van der Waals surface area contributed by atoms with Crippen LogP contribution in [0.2, 0.25) is 0 Å². The zero-order chi connectivity index (χ0) is 21.7. The molecule has 1 amide bonds. The van der Waals surface area contributed by atoms with Gasteiger partial charge in [-0.25, -0.2) is 0 Å². The Hall–Kier alpha value is -2.01. The second kappa shape index (κ2) is 10.3. The minimum absolute atomic E-state index is 0.127. The first-order valence-electron chi connectivity index (χ1n) is 11.9. The second-order valence-electron chi connectivity index (χ2n) is 9.03. The molecule has 166 valence electrons. The van der Waals surface area contributed by atoms with Gasteiger partial charge in [-0.2, -0.15) is 0 Å². The Morgan fingerprint density at radius 3 is 2.33 bits per heavy atom. The van der Waals surface area contributed by atoms with Crippen molar-refractivity contribution in [3.8, 4) is 0 Å². The summed E-state index contributed by atoms with van der Waals surface area (Å²) in [6.45, 7) is 10.3. The van der Waals surface area contributed by atoms with Gasteiger partial charge in [-0.1, -0.05) is 44.6 Å². The van der Waals surface area contributed by atoms with Gasteiger partial charge in [0.05, 0.1) is 11.6 Å². The summed E-state index contributed by atoms with van der Waals surface area (Å²) < 4.78 is 0. The van der Waals surface area contributed by atoms with Gasteiger partial charge in [0, 0.05) is 25.2 Å². The maximum atomic E-state index is 12.1. The topological polar surface area (TPSA) is 70.4 Å². The number of likely N-dealkylation sites (tertiary alicyclic amines) is 1. The average Bonchev–Trinajstić information content (AvgIpc) is 2.76. The Balaban J connectivity index is 0.00000124. The summed E-state index contributed by atoms with van der Waals surface area (Å²) in [6.07, 6.45) is 15.9. The van der Waals surface area contributed by atoms with Crippen LogP contribution in [0.25, 0.3) is 0 Å². The van der Waals surface area contributed by atoms with E-state index in [0.717, 1.165) is 43.2 Å². The number of carbonyl (C=O) groups excluding carboxylic acids is 1. The molecule has 4 rings (SSSR count). The zero-order valence-corrected chi connectivity index (χ0v) is 19.2. The molecule has 0 spiro atoms. The SMILES string of the molecule is CC.CC1=CC2=CC(C(N)=O)=C(N3CCC(NC4CCC(C)CC4)CC3)NC2C=C1. The molecule has 1 unspecified atom stereocenters. The number of hydrogen-bond donors (Lipinski definition) is 3. The lowest BCUT2D eigenvalue weighted by atomic mass is 9.86. The Bertz CT molecular complexity index is 732. The number of amides is 1. The lowest BCUT2D eigenvalue weighted by molar-refractivity contribution is -0.114. The van der Waals surface area contributed by atoms with E-state index in [-0.39, 0.29) is 11.9 Å². The van der Waals surface area contributed by atoms with Crippen LogP contribution < -0.4 is 16.4 Å². The number of dihydropyridines is 1. The maximum Gasteiger partial charge on any atom is 0.252 e. The van der Waals surface area contributed by atoms with E-state index < -0.39 is 0 Å². The summed E-state index contributed by atoms with van der Waals surface area (Å²) in [5, 5.41) is 7.46. The number of fused-ring (bicyclic) bond motifs is 1. The predicted octanol–water partition coefficient (Wildman–Crippen LogP) is 3.76. The van der Waals surface area contributed by atoms with Crippen molar-refractivity contribution in [3.63, 3.8) is 0 Å². The first-order chi connectivity index (χ1) is 14.5. The first-order valence-corrected chi connectivity index (χ1v) is 11.9. The Kier molecular flexibility index (Phi) is 7.81. The van der Waals surface area contributed by atoms with Crippen LogP contribution >= 0.6 is 0 Å². The molecule has 1 atom stereocenters. The van der Waals surface area contributed by atoms with Crippen molar-refractivity contribution in [2.45, 2.75) is 84.3 Å². The Morgan fingerprint density at radius 1 is 1.07 bits per heavy atom. The van der Waals surface area contributed by atoms with Crippen LogP contribution in [0.1, 0.15) is 66.2 Å². The molecule has 30 heavy (non-hydrogen) atoms. The highest BCUT2D eigenvalue weighted by molar-refractivity contribution is 5.96. The van der Waals surface area contributed by atoms with Crippen LogP contribution in [0.4, 0.5) is 0 Å². The number of allylic oxidation sites excluding steroid dienone is 2. The van der Waals surface area contributed by atoms with Gasteiger partial charge in [-0.3, -0.25) is 4.79 Å². The van der Waals surface area contributed by atoms with Crippen LogP contribution in [0.15, 0.2) is 46.8 Å². The fourth-order valence-electron chi connectivity index (χ4n) is 4.96. The largest absolute Gasteiger partial charge is 0.365 e. The van der Waals surface area contributed by atoms with Crippen molar-refractivity contribution < 1.29 is 4.79 Å².